The zero-order chi connectivity index (χ0) is 20.0. The summed E-state index contributed by atoms with van der Waals surface area (Å²) in [5.41, 5.74) is -0.0469. The molecule has 1 heterocycles. The maximum Gasteiger partial charge on any atom is 0.268 e. The number of carbonyl (C=O) groups is 1. The Balaban J connectivity index is 2.30. The largest absolute Gasteiger partial charge is 0.479 e. The van der Waals surface area contributed by atoms with Crippen LogP contribution in [0.2, 0.25) is 0 Å². The van der Waals surface area contributed by atoms with Crippen molar-refractivity contribution in [2.45, 2.75) is 20.0 Å². The third-order valence-electron chi connectivity index (χ3n) is 4.35. The molecule has 0 aliphatic carbocycles. The van der Waals surface area contributed by atoms with Gasteiger partial charge in [0.15, 0.2) is 17.7 Å². The number of ether oxygens (including phenoxy) is 1. The molecule has 0 radical (unpaired) electrons. The SMILES string of the molecule is C#CCN1C(=O)[C@@H](C)Oc2cc(F)c(-c3c(F)c(F)c(C)c(I)c3P)cc21. The average Bonchev–Trinajstić information content (AvgIpc) is 2.63. The zero-order valence-electron chi connectivity index (χ0n) is 14.4. The van der Waals surface area contributed by atoms with E-state index in [-0.39, 0.29) is 34.7 Å². The Hall–Kier alpha value is -1.78. The van der Waals surface area contributed by atoms with Crippen molar-refractivity contribution in [1.29, 1.82) is 0 Å². The predicted octanol–water partition coefficient (Wildman–Crippen LogP) is 3.93. The molecular formula is C19H14F3INO2P. The van der Waals surface area contributed by atoms with Crippen molar-refractivity contribution in [3.8, 4) is 29.2 Å². The predicted molar refractivity (Wildman–Crippen MR) is 110 cm³/mol. The van der Waals surface area contributed by atoms with Crippen molar-refractivity contribution >= 4 is 48.7 Å². The van der Waals surface area contributed by atoms with Gasteiger partial charge in [-0.25, -0.2) is 13.2 Å². The van der Waals surface area contributed by atoms with Gasteiger partial charge in [0.25, 0.3) is 5.91 Å². The van der Waals surface area contributed by atoms with Crippen LogP contribution in [0.4, 0.5) is 18.9 Å². The summed E-state index contributed by atoms with van der Waals surface area (Å²) in [4.78, 5) is 13.6. The minimum Gasteiger partial charge on any atom is -0.479 e. The van der Waals surface area contributed by atoms with E-state index in [0.717, 1.165) is 6.07 Å². The molecule has 2 aromatic rings. The third kappa shape index (κ3) is 3.19. The molecule has 140 valence electrons. The number of nitrogens with zero attached hydrogens (tertiary/aromatic N) is 1. The molecule has 27 heavy (non-hydrogen) atoms. The summed E-state index contributed by atoms with van der Waals surface area (Å²) in [5.74, 6) is -0.901. The summed E-state index contributed by atoms with van der Waals surface area (Å²) in [6.45, 7) is 2.92. The quantitative estimate of drug-likeness (QED) is 0.269. The van der Waals surface area contributed by atoms with Crippen LogP contribution in [0.15, 0.2) is 12.1 Å². The number of hydrogen-bond acceptors (Lipinski definition) is 2. The van der Waals surface area contributed by atoms with Gasteiger partial charge in [-0.2, -0.15) is 0 Å². The van der Waals surface area contributed by atoms with Crippen LogP contribution in [0.3, 0.4) is 0 Å². The fourth-order valence-electron chi connectivity index (χ4n) is 2.94. The molecule has 0 saturated carbocycles. The Bertz CT molecular complexity index is 990. The molecule has 0 aromatic heterocycles. The summed E-state index contributed by atoms with van der Waals surface area (Å²) in [5, 5.41) is 0.325. The van der Waals surface area contributed by atoms with Gasteiger partial charge < -0.3 is 4.74 Å². The van der Waals surface area contributed by atoms with Crippen LogP contribution in [0, 0.1) is 40.3 Å². The smallest absolute Gasteiger partial charge is 0.268 e. The molecule has 3 rings (SSSR count). The van der Waals surface area contributed by atoms with Gasteiger partial charge in [0.05, 0.1) is 12.2 Å². The fourth-order valence-corrected chi connectivity index (χ4v) is 3.94. The molecule has 0 spiro atoms. The molecule has 1 amide bonds. The molecule has 2 atom stereocenters. The van der Waals surface area contributed by atoms with Crippen LogP contribution < -0.4 is 14.9 Å². The molecule has 3 nitrogen and oxygen atoms in total. The van der Waals surface area contributed by atoms with E-state index in [1.54, 1.807) is 0 Å². The minimum atomic E-state index is -1.16. The lowest BCUT2D eigenvalue weighted by atomic mass is 10.00. The summed E-state index contributed by atoms with van der Waals surface area (Å²) in [7, 11) is 2.32. The highest BCUT2D eigenvalue weighted by Gasteiger charge is 2.33. The molecular weight excluding hydrogens is 489 g/mol. The lowest BCUT2D eigenvalue weighted by Crippen LogP contribution is -2.44. The highest BCUT2D eigenvalue weighted by molar-refractivity contribution is 14.1. The van der Waals surface area contributed by atoms with E-state index in [2.05, 4.69) is 15.2 Å². The summed E-state index contributed by atoms with van der Waals surface area (Å²) in [6.07, 6.45) is 4.50. The van der Waals surface area contributed by atoms with Crippen molar-refractivity contribution in [2.24, 2.45) is 0 Å². The summed E-state index contributed by atoms with van der Waals surface area (Å²) < 4.78 is 49.7. The first-order valence-electron chi connectivity index (χ1n) is 7.86. The van der Waals surface area contributed by atoms with Crippen LogP contribution in [0.1, 0.15) is 12.5 Å². The van der Waals surface area contributed by atoms with Crippen molar-refractivity contribution in [2.75, 3.05) is 11.4 Å². The van der Waals surface area contributed by atoms with Crippen LogP contribution in [-0.4, -0.2) is 18.6 Å². The number of benzene rings is 2. The van der Waals surface area contributed by atoms with Crippen LogP contribution >= 0.6 is 31.8 Å². The molecule has 8 heteroatoms. The summed E-state index contributed by atoms with van der Waals surface area (Å²) >= 11 is 1.88. The highest BCUT2D eigenvalue weighted by Crippen LogP contribution is 2.40. The molecule has 2 aromatic carbocycles. The Morgan fingerprint density at radius 2 is 2.00 bits per heavy atom. The van der Waals surface area contributed by atoms with Gasteiger partial charge in [0, 0.05) is 26.3 Å². The van der Waals surface area contributed by atoms with E-state index in [0.29, 0.717) is 8.87 Å². The van der Waals surface area contributed by atoms with Crippen molar-refractivity contribution < 1.29 is 22.7 Å². The van der Waals surface area contributed by atoms with Gasteiger partial charge in [-0.15, -0.1) is 15.7 Å². The van der Waals surface area contributed by atoms with E-state index in [4.69, 9.17) is 11.2 Å². The molecule has 0 bridgehead atoms. The molecule has 1 aliphatic heterocycles. The average molecular weight is 503 g/mol. The standard InChI is InChI=1S/C19H14F3INO2P/c1-4-5-24-12-6-10(11(20)7-13(12)26-9(3)19(24)25)14-16(22)15(21)8(2)17(23)18(14)27/h1,6-7,9H,5,27H2,2-3H3/t9-/m1/s1. The van der Waals surface area contributed by atoms with Crippen LogP contribution in [0.25, 0.3) is 11.1 Å². The maximum absolute atomic E-state index is 14.8. The Morgan fingerprint density at radius 1 is 1.33 bits per heavy atom. The van der Waals surface area contributed by atoms with Gasteiger partial charge in [-0.1, -0.05) is 5.92 Å². The lowest BCUT2D eigenvalue weighted by Gasteiger charge is -2.32. The number of halogens is 4. The first kappa shape index (κ1) is 20.0. The number of anilines is 1. The fraction of sp³-hybridized carbons (Fsp3) is 0.211. The van der Waals surface area contributed by atoms with E-state index in [9.17, 15) is 18.0 Å². The van der Waals surface area contributed by atoms with Crippen molar-refractivity contribution in [3.05, 3.63) is 38.7 Å². The minimum absolute atomic E-state index is 0.0549. The van der Waals surface area contributed by atoms with Crippen molar-refractivity contribution in [1.82, 2.24) is 0 Å². The van der Waals surface area contributed by atoms with E-state index in [1.165, 1.54) is 24.8 Å². The molecule has 1 unspecified atom stereocenters. The van der Waals surface area contributed by atoms with Gasteiger partial charge in [-0.05, 0) is 47.8 Å². The highest BCUT2D eigenvalue weighted by atomic mass is 127. The molecule has 1 aliphatic rings. The first-order chi connectivity index (χ1) is 12.7. The number of terminal acetylenes is 1. The Morgan fingerprint density at radius 3 is 2.63 bits per heavy atom. The Labute approximate surface area is 170 Å². The van der Waals surface area contributed by atoms with Gasteiger partial charge in [0.1, 0.15) is 11.6 Å². The topological polar surface area (TPSA) is 29.5 Å². The maximum atomic E-state index is 14.8. The zero-order valence-corrected chi connectivity index (χ0v) is 17.7. The second kappa shape index (κ2) is 7.33. The van der Waals surface area contributed by atoms with E-state index < -0.39 is 29.5 Å². The van der Waals surface area contributed by atoms with Gasteiger partial charge in [-0.3, -0.25) is 9.69 Å². The van der Waals surface area contributed by atoms with Crippen LogP contribution in [0.5, 0.6) is 5.75 Å². The van der Waals surface area contributed by atoms with Crippen LogP contribution in [-0.2, 0) is 4.79 Å². The molecule has 0 saturated heterocycles. The number of rotatable bonds is 2. The van der Waals surface area contributed by atoms with E-state index >= 15 is 0 Å². The van der Waals surface area contributed by atoms with Crippen molar-refractivity contribution in [3.63, 3.8) is 0 Å². The third-order valence-corrected chi connectivity index (χ3v) is 6.91. The second-order valence-corrected chi connectivity index (χ2v) is 7.70. The first-order valence-corrected chi connectivity index (χ1v) is 9.52. The summed E-state index contributed by atoms with van der Waals surface area (Å²) in [6, 6.07) is 2.33. The molecule has 0 N–H and O–H groups in total. The number of carbonyl (C=O) groups excluding carboxylic acids is 1. The van der Waals surface area contributed by atoms with Gasteiger partial charge >= 0.3 is 0 Å². The van der Waals surface area contributed by atoms with Gasteiger partial charge in [0.2, 0.25) is 0 Å². The Kier molecular flexibility index (Phi) is 5.42. The normalized spacial score (nSPS) is 16.0. The monoisotopic (exact) mass is 503 g/mol. The van der Waals surface area contributed by atoms with E-state index in [1.807, 2.05) is 22.6 Å². The molecule has 0 fully saturated rings. The number of amides is 1. The lowest BCUT2D eigenvalue weighted by molar-refractivity contribution is -0.125. The number of fused-ring (bicyclic) bond motifs is 1. The second-order valence-electron chi connectivity index (χ2n) is 6.04. The number of hydrogen-bond donors (Lipinski definition) is 0.